The van der Waals surface area contributed by atoms with Gasteiger partial charge in [-0.15, -0.1) is 11.3 Å². The van der Waals surface area contributed by atoms with Crippen LogP contribution in [0.15, 0.2) is 40.6 Å². The van der Waals surface area contributed by atoms with Crippen LogP contribution in [0.1, 0.15) is 15.2 Å². The Kier molecular flexibility index (Phi) is 5.93. The number of carbonyl (C=O) groups is 2. The molecule has 0 aliphatic rings. The maximum absolute atomic E-state index is 12.1. The Morgan fingerprint density at radius 2 is 1.96 bits per heavy atom. The Labute approximate surface area is 150 Å². The number of nitrogens with zero attached hydrogens (tertiary/aromatic N) is 1. The number of nitrogens with one attached hydrogen (secondary N) is 1. The molecule has 2 aromatic rings. The van der Waals surface area contributed by atoms with Gasteiger partial charge in [-0.2, -0.15) is 0 Å². The van der Waals surface area contributed by atoms with E-state index in [0.29, 0.717) is 10.6 Å². The van der Waals surface area contributed by atoms with Gasteiger partial charge in [0.2, 0.25) is 10.0 Å². The van der Waals surface area contributed by atoms with Gasteiger partial charge in [-0.05, 0) is 42.1 Å². The van der Waals surface area contributed by atoms with E-state index >= 15 is 0 Å². The summed E-state index contributed by atoms with van der Waals surface area (Å²) in [5.41, 5.74) is 1.09. The van der Waals surface area contributed by atoms with E-state index in [4.69, 9.17) is 4.74 Å². The molecule has 134 valence electrons. The van der Waals surface area contributed by atoms with Crippen LogP contribution in [0.25, 0.3) is 0 Å². The fourth-order valence-corrected chi connectivity index (χ4v) is 3.69. The lowest BCUT2D eigenvalue weighted by atomic mass is 10.3. The third-order valence-electron chi connectivity index (χ3n) is 3.28. The summed E-state index contributed by atoms with van der Waals surface area (Å²) in [6.45, 7) is 1.32. The molecule has 2 rings (SSSR count). The predicted octanol–water partition coefficient (Wildman–Crippen LogP) is 2.10. The number of thiophene rings is 1. The summed E-state index contributed by atoms with van der Waals surface area (Å²) >= 11 is 1.24. The molecule has 1 amide bonds. The first-order valence-corrected chi connectivity index (χ1v) is 9.57. The second-order valence-corrected chi connectivity index (χ2v) is 8.44. The van der Waals surface area contributed by atoms with Crippen molar-refractivity contribution in [2.75, 3.05) is 26.0 Å². The minimum Gasteiger partial charge on any atom is -0.451 e. The first-order chi connectivity index (χ1) is 11.7. The zero-order valence-corrected chi connectivity index (χ0v) is 15.6. The molecule has 9 heteroatoms. The van der Waals surface area contributed by atoms with E-state index in [1.54, 1.807) is 24.4 Å². The van der Waals surface area contributed by atoms with E-state index in [9.17, 15) is 18.0 Å². The summed E-state index contributed by atoms with van der Waals surface area (Å²) in [5.74, 6) is -1.12. The van der Waals surface area contributed by atoms with Gasteiger partial charge in [0.1, 0.15) is 4.88 Å². The summed E-state index contributed by atoms with van der Waals surface area (Å²) in [6, 6.07) is 7.64. The van der Waals surface area contributed by atoms with Crippen molar-refractivity contribution < 1.29 is 22.7 Å². The van der Waals surface area contributed by atoms with Crippen molar-refractivity contribution >= 4 is 38.9 Å². The highest BCUT2D eigenvalue weighted by atomic mass is 32.2. The molecule has 1 aromatic heterocycles. The number of esters is 1. The van der Waals surface area contributed by atoms with E-state index < -0.39 is 28.5 Å². The lowest BCUT2D eigenvalue weighted by Gasteiger charge is -2.12. The van der Waals surface area contributed by atoms with Gasteiger partial charge in [0.05, 0.1) is 4.90 Å². The SMILES string of the molecule is Cc1ccsc1C(=O)OCC(=O)Nc1cccc(S(=O)(=O)N(C)C)c1. The molecule has 0 bridgehead atoms. The molecule has 1 heterocycles. The number of hydrogen-bond donors (Lipinski definition) is 1. The quantitative estimate of drug-likeness (QED) is 0.773. The normalized spacial score (nSPS) is 11.4. The Balaban J connectivity index is 1.99. The van der Waals surface area contributed by atoms with Crippen molar-refractivity contribution in [3.05, 3.63) is 46.2 Å². The average Bonchev–Trinajstić information content (AvgIpc) is 2.99. The highest BCUT2D eigenvalue weighted by Gasteiger charge is 2.18. The number of rotatable bonds is 6. The van der Waals surface area contributed by atoms with Gasteiger partial charge >= 0.3 is 5.97 Å². The zero-order valence-electron chi connectivity index (χ0n) is 14.0. The first kappa shape index (κ1) is 19.1. The van der Waals surface area contributed by atoms with Crippen LogP contribution in [-0.4, -0.2) is 45.3 Å². The van der Waals surface area contributed by atoms with Crippen LogP contribution in [0.4, 0.5) is 5.69 Å². The third-order valence-corrected chi connectivity index (χ3v) is 6.09. The number of anilines is 1. The standard InChI is InChI=1S/C16H18N2O5S2/c1-11-7-8-24-15(11)16(20)23-10-14(19)17-12-5-4-6-13(9-12)25(21,22)18(2)3/h4-9H,10H2,1-3H3,(H,17,19). The van der Waals surface area contributed by atoms with Gasteiger partial charge in [0, 0.05) is 19.8 Å². The lowest BCUT2D eigenvalue weighted by Crippen LogP contribution is -2.23. The highest BCUT2D eigenvalue weighted by Crippen LogP contribution is 2.18. The molecule has 0 aliphatic heterocycles. The van der Waals surface area contributed by atoms with Crippen LogP contribution < -0.4 is 5.32 Å². The topological polar surface area (TPSA) is 92.8 Å². The largest absolute Gasteiger partial charge is 0.451 e. The van der Waals surface area contributed by atoms with Gasteiger partial charge in [-0.3, -0.25) is 4.79 Å². The molecular weight excluding hydrogens is 364 g/mol. The van der Waals surface area contributed by atoms with Crippen LogP contribution in [0.5, 0.6) is 0 Å². The number of carbonyl (C=O) groups excluding carboxylic acids is 2. The summed E-state index contributed by atoms with van der Waals surface area (Å²) in [5, 5.41) is 4.28. The molecule has 0 fully saturated rings. The molecule has 0 unspecified atom stereocenters. The molecule has 0 aliphatic carbocycles. The third kappa shape index (κ3) is 4.65. The highest BCUT2D eigenvalue weighted by molar-refractivity contribution is 7.89. The number of aryl methyl sites for hydroxylation is 1. The van der Waals surface area contributed by atoms with E-state index in [2.05, 4.69) is 5.32 Å². The first-order valence-electron chi connectivity index (χ1n) is 7.25. The van der Waals surface area contributed by atoms with Crippen LogP contribution >= 0.6 is 11.3 Å². The predicted molar refractivity (Wildman–Crippen MR) is 95.3 cm³/mol. The minimum atomic E-state index is -3.60. The summed E-state index contributed by atoms with van der Waals surface area (Å²) in [6.07, 6.45) is 0. The lowest BCUT2D eigenvalue weighted by molar-refractivity contribution is -0.119. The summed E-state index contributed by atoms with van der Waals surface area (Å²) in [4.78, 5) is 24.3. The Morgan fingerprint density at radius 1 is 1.24 bits per heavy atom. The molecule has 0 radical (unpaired) electrons. The number of benzene rings is 1. The van der Waals surface area contributed by atoms with Gasteiger partial charge in [0.15, 0.2) is 6.61 Å². The van der Waals surface area contributed by atoms with Crippen molar-refractivity contribution in [2.45, 2.75) is 11.8 Å². The molecule has 0 saturated carbocycles. The fourth-order valence-electron chi connectivity index (χ4n) is 1.92. The van der Waals surface area contributed by atoms with Crippen LogP contribution in [-0.2, 0) is 19.6 Å². The second kappa shape index (κ2) is 7.77. The van der Waals surface area contributed by atoms with Crippen molar-refractivity contribution in [1.29, 1.82) is 0 Å². The van der Waals surface area contributed by atoms with Gasteiger partial charge in [0.25, 0.3) is 5.91 Å². The van der Waals surface area contributed by atoms with E-state index in [-0.39, 0.29) is 4.90 Å². The molecule has 0 saturated heterocycles. The van der Waals surface area contributed by atoms with Crippen molar-refractivity contribution in [3.8, 4) is 0 Å². The summed E-state index contributed by atoms with van der Waals surface area (Å²) < 4.78 is 30.2. The molecule has 0 spiro atoms. The summed E-state index contributed by atoms with van der Waals surface area (Å²) in [7, 11) is -0.751. The molecule has 0 atom stereocenters. The van der Waals surface area contributed by atoms with E-state index in [1.807, 2.05) is 0 Å². The zero-order chi connectivity index (χ0) is 18.6. The fraction of sp³-hybridized carbons (Fsp3) is 0.250. The number of hydrogen-bond acceptors (Lipinski definition) is 6. The van der Waals surface area contributed by atoms with Crippen molar-refractivity contribution in [1.82, 2.24) is 4.31 Å². The van der Waals surface area contributed by atoms with Crippen molar-refractivity contribution in [2.24, 2.45) is 0 Å². The molecule has 1 N–H and O–H groups in total. The van der Waals surface area contributed by atoms with Crippen LogP contribution in [0.3, 0.4) is 0 Å². The van der Waals surface area contributed by atoms with Crippen LogP contribution in [0.2, 0.25) is 0 Å². The molecular formula is C16H18N2O5S2. The van der Waals surface area contributed by atoms with Crippen LogP contribution in [0, 0.1) is 6.92 Å². The second-order valence-electron chi connectivity index (χ2n) is 5.37. The molecule has 25 heavy (non-hydrogen) atoms. The number of ether oxygens (including phenoxy) is 1. The Hall–Kier alpha value is -2.23. The number of sulfonamides is 1. The minimum absolute atomic E-state index is 0.0569. The smallest absolute Gasteiger partial charge is 0.349 e. The monoisotopic (exact) mass is 382 g/mol. The molecule has 1 aromatic carbocycles. The van der Waals surface area contributed by atoms with Crippen molar-refractivity contribution in [3.63, 3.8) is 0 Å². The molecule has 7 nitrogen and oxygen atoms in total. The van der Waals surface area contributed by atoms with Gasteiger partial charge < -0.3 is 10.1 Å². The van der Waals surface area contributed by atoms with Gasteiger partial charge in [-0.1, -0.05) is 6.07 Å². The van der Waals surface area contributed by atoms with Gasteiger partial charge in [-0.25, -0.2) is 17.5 Å². The number of amides is 1. The Bertz CT molecular complexity index is 887. The maximum atomic E-state index is 12.1. The van der Waals surface area contributed by atoms with E-state index in [0.717, 1.165) is 9.87 Å². The van der Waals surface area contributed by atoms with E-state index in [1.165, 1.54) is 43.6 Å². The average molecular weight is 382 g/mol. The maximum Gasteiger partial charge on any atom is 0.349 e. The Morgan fingerprint density at radius 3 is 2.56 bits per heavy atom.